The van der Waals surface area contributed by atoms with Crippen LogP contribution in [0.25, 0.3) is 0 Å². The maximum absolute atomic E-state index is 12.2. The van der Waals surface area contributed by atoms with Crippen LogP contribution >= 0.6 is 0 Å². The second-order valence-electron chi connectivity index (χ2n) is 6.11. The van der Waals surface area contributed by atoms with Crippen molar-refractivity contribution >= 4 is 17.3 Å². The average Bonchev–Trinajstić information content (AvgIpc) is 2.47. The van der Waals surface area contributed by atoms with Gasteiger partial charge in [-0.1, -0.05) is 32.9 Å². The number of carbonyl (C=O) groups is 1. The Balaban J connectivity index is 2.08. The third kappa shape index (κ3) is 3.85. The fourth-order valence-corrected chi connectivity index (χ4v) is 2.05. The first-order valence-electron chi connectivity index (χ1n) is 7.10. The number of hydrogen-bond acceptors (Lipinski definition) is 2. The molecule has 0 unspecified atom stereocenters. The Labute approximate surface area is 126 Å². The quantitative estimate of drug-likeness (QED) is 0.882. The van der Waals surface area contributed by atoms with Gasteiger partial charge >= 0.3 is 0 Å². The number of rotatable bonds is 3. The van der Waals surface area contributed by atoms with Crippen molar-refractivity contribution in [1.29, 1.82) is 0 Å². The van der Waals surface area contributed by atoms with Crippen LogP contribution in [0.1, 0.15) is 36.7 Å². The Morgan fingerprint density at radius 2 is 1.38 bits per heavy atom. The van der Waals surface area contributed by atoms with Gasteiger partial charge in [0, 0.05) is 24.0 Å². The molecule has 0 aliphatic rings. The van der Waals surface area contributed by atoms with Crippen molar-refractivity contribution in [2.45, 2.75) is 26.2 Å². The van der Waals surface area contributed by atoms with Crippen LogP contribution in [0.15, 0.2) is 48.5 Å². The van der Waals surface area contributed by atoms with Crippen molar-refractivity contribution in [2.75, 3.05) is 17.7 Å². The molecule has 0 heterocycles. The van der Waals surface area contributed by atoms with Gasteiger partial charge in [0.15, 0.2) is 0 Å². The van der Waals surface area contributed by atoms with Gasteiger partial charge in [0.25, 0.3) is 5.91 Å². The summed E-state index contributed by atoms with van der Waals surface area (Å²) in [5, 5.41) is 5.95. The SMILES string of the molecule is CNc1ccc(C(=O)Nc2ccc(C(C)(C)C)cc2)cc1. The van der Waals surface area contributed by atoms with E-state index >= 15 is 0 Å². The predicted molar refractivity (Wildman–Crippen MR) is 89.1 cm³/mol. The van der Waals surface area contributed by atoms with Crippen LogP contribution in [-0.4, -0.2) is 13.0 Å². The van der Waals surface area contributed by atoms with Gasteiger partial charge in [-0.15, -0.1) is 0 Å². The maximum atomic E-state index is 12.2. The van der Waals surface area contributed by atoms with Crippen LogP contribution in [0.5, 0.6) is 0 Å². The molecule has 2 rings (SSSR count). The van der Waals surface area contributed by atoms with Gasteiger partial charge in [-0.05, 0) is 47.4 Å². The molecule has 21 heavy (non-hydrogen) atoms. The molecule has 0 saturated heterocycles. The van der Waals surface area contributed by atoms with Gasteiger partial charge in [0.2, 0.25) is 0 Å². The summed E-state index contributed by atoms with van der Waals surface area (Å²) in [4.78, 5) is 12.2. The first-order valence-corrected chi connectivity index (χ1v) is 7.10. The standard InChI is InChI=1S/C18H22N2O/c1-18(2,3)14-7-11-16(12-8-14)20-17(21)13-5-9-15(19-4)10-6-13/h5-12,19H,1-4H3,(H,20,21). The molecule has 0 aromatic heterocycles. The lowest BCUT2D eigenvalue weighted by Crippen LogP contribution is -2.13. The molecule has 0 aliphatic carbocycles. The van der Waals surface area contributed by atoms with E-state index in [1.165, 1.54) is 5.56 Å². The van der Waals surface area contributed by atoms with Crippen LogP contribution in [0.4, 0.5) is 11.4 Å². The summed E-state index contributed by atoms with van der Waals surface area (Å²) in [6.45, 7) is 6.51. The summed E-state index contributed by atoms with van der Waals surface area (Å²) >= 11 is 0. The van der Waals surface area contributed by atoms with E-state index in [0.717, 1.165) is 11.4 Å². The molecule has 2 N–H and O–H groups in total. The molecule has 0 aliphatic heterocycles. The maximum Gasteiger partial charge on any atom is 0.255 e. The second kappa shape index (κ2) is 6.00. The number of amides is 1. The lowest BCUT2D eigenvalue weighted by atomic mass is 9.87. The molecule has 0 saturated carbocycles. The van der Waals surface area contributed by atoms with E-state index in [4.69, 9.17) is 0 Å². The molecule has 2 aromatic carbocycles. The molecular formula is C18H22N2O. The van der Waals surface area contributed by atoms with E-state index in [-0.39, 0.29) is 11.3 Å². The van der Waals surface area contributed by atoms with Gasteiger partial charge in [0.05, 0.1) is 0 Å². The Morgan fingerprint density at radius 3 is 1.86 bits per heavy atom. The first kappa shape index (κ1) is 15.1. The molecule has 1 amide bonds. The van der Waals surface area contributed by atoms with Crippen LogP contribution in [0.3, 0.4) is 0 Å². The Hall–Kier alpha value is -2.29. The summed E-state index contributed by atoms with van der Waals surface area (Å²) in [7, 11) is 1.85. The van der Waals surface area contributed by atoms with Crippen LogP contribution < -0.4 is 10.6 Å². The Morgan fingerprint density at radius 1 is 0.857 bits per heavy atom. The first-order chi connectivity index (χ1) is 9.90. The van der Waals surface area contributed by atoms with Crippen molar-refractivity contribution in [2.24, 2.45) is 0 Å². The van der Waals surface area contributed by atoms with Crippen molar-refractivity contribution in [1.82, 2.24) is 0 Å². The summed E-state index contributed by atoms with van der Waals surface area (Å²) < 4.78 is 0. The summed E-state index contributed by atoms with van der Waals surface area (Å²) in [6, 6.07) is 15.4. The molecule has 3 heteroatoms. The number of benzene rings is 2. The van der Waals surface area contributed by atoms with Crippen molar-refractivity contribution in [3.05, 3.63) is 59.7 Å². The largest absolute Gasteiger partial charge is 0.388 e. The van der Waals surface area contributed by atoms with E-state index in [1.807, 2.05) is 43.4 Å². The van der Waals surface area contributed by atoms with E-state index in [2.05, 4.69) is 43.5 Å². The van der Waals surface area contributed by atoms with Crippen LogP contribution in [0, 0.1) is 0 Å². The van der Waals surface area contributed by atoms with Crippen LogP contribution in [0.2, 0.25) is 0 Å². The lowest BCUT2D eigenvalue weighted by molar-refractivity contribution is 0.102. The number of hydrogen-bond donors (Lipinski definition) is 2. The van der Waals surface area contributed by atoms with Gasteiger partial charge in [-0.3, -0.25) is 4.79 Å². The van der Waals surface area contributed by atoms with Crippen molar-refractivity contribution in [3.8, 4) is 0 Å². The predicted octanol–water partition coefficient (Wildman–Crippen LogP) is 4.28. The normalized spacial score (nSPS) is 11.0. The topological polar surface area (TPSA) is 41.1 Å². The van der Waals surface area contributed by atoms with Crippen molar-refractivity contribution < 1.29 is 4.79 Å². The highest BCUT2D eigenvalue weighted by atomic mass is 16.1. The summed E-state index contributed by atoms with van der Waals surface area (Å²) in [6.07, 6.45) is 0. The molecule has 0 bridgehead atoms. The molecule has 2 aromatic rings. The minimum atomic E-state index is -0.0961. The average molecular weight is 282 g/mol. The third-order valence-corrected chi connectivity index (χ3v) is 3.44. The second-order valence-corrected chi connectivity index (χ2v) is 6.11. The zero-order valence-corrected chi connectivity index (χ0v) is 13.0. The molecular weight excluding hydrogens is 260 g/mol. The lowest BCUT2D eigenvalue weighted by Gasteiger charge is -2.19. The molecule has 0 radical (unpaired) electrons. The number of anilines is 2. The monoisotopic (exact) mass is 282 g/mol. The summed E-state index contributed by atoms with van der Waals surface area (Å²) in [5.41, 5.74) is 3.81. The zero-order chi connectivity index (χ0) is 15.5. The highest BCUT2D eigenvalue weighted by Gasteiger charge is 2.13. The Bertz CT molecular complexity index is 607. The minimum Gasteiger partial charge on any atom is -0.388 e. The van der Waals surface area contributed by atoms with Crippen LogP contribution in [-0.2, 0) is 5.41 Å². The molecule has 0 atom stereocenters. The minimum absolute atomic E-state index is 0.0961. The smallest absolute Gasteiger partial charge is 0.255 e. The van der Waals surface area contributed by atoms with E-state index in [1.54, 1.807) is 0 Å². The Kier molecular flexibility index (Phi) is 4.32. The van der Waals surface area contributed by atoms with Gasteiger partial charge < -0.3 is 10.6 Å². The summed E-state index contributed by atoms with van der Waals surface area (Å²) in [5.74, 6) is -0.0961. The highest BCUT2D eigenvalue weighted by molar-refractivity contribution is 6.04. The van der Waals surface area contributed by atoms with E-state index < -0.39 is 0 Å². The molecule has 3 nitrogen and oxygen atoms in total. The number of carbonyl (C=O) groups excluding carboxylic acids is 1. The fraction of sp³-hybridized carbons (Fsp3) is 0.278. The highest BCUT2D eigenvalue weighted by Crippen LogP contribution is 2.23. The van der Waals surface area contributed by atoms with E-state index in [0.29, 0.717) is 5.56 Å². The number of nitrogens with one attached hydrogen (secondary N) is 2. The zero-order valence-electron chi connectivity index (χ0n) is 13.0. The van der Waals surface area contributed by atoms with Gasteiger partial charge in [-0.2, -0.15) is 0 Å². The van der Waals surface area contributed by atoms with E-state index in [9.17, 15) is 4.79 Å². The fourth-order valence-electron chi connectivity index (χ4n) is 2.05. The van der Waals surface area contributed by atoms with Gasteiger partial charge in [-0.25, -0.2) is 0 Å². The third-order valence-electron chi connectivity index (χ3n) is 3.44. The molecule has 0 fully saturated rings. The molecule has 110 valence electrons. The van der Waals surface area contributed by atoms with Gasteiger partial charge in [0.1, 0.15) is 0 Å². The molecule has 0 spiro atoms. The van der Waals surface area contributed by atoms with Crippen molar-refractivity contribution in [3.63, 3.8) is 0 Å².